The summed E-state index contributed by atoms with van der Waals surface area (Å²) in [7, 11) is 0. The Morgan fingerprint density at radius 1 is 0.750 bits per heavy atom. The number of phenols is 1. The van der Waals surface area contributed by atoms with Gasteiger partial charge in [-0.25, -0.2) is 0 Å². The number of phenolic OH excluding ortho intramolecular Hbond substituents is 1. The summed E-state index contributed by atoms with van der Waals surface area (Å²) in [6.07, 6.45) is 15.9. The van der Waals surface area contributed by atoms with E-state index in [1.54, 1.807) is 6.07 Å². The predicted octanol–water partition coefficient (Wildman–Crippen LogP) is 7.78. The molecule has 0 aromatic heterocycles. The van der Waals surface area contributed by atoms with Gasteiger partial charge < -0.3 is 9.84 Å². The van der Waals surface area contributed by atoms with Gasteiger partial charge in [-0.3, -0.25) is 0 Å². The molecule has 1 aromatic rings. The fourth-order valence-corrected chi connectivity index (χ4v) is 3.12. The molecule has 0 aliphatic rings. The van der Waals surface area contributed by atoms with E-state index in [1.807, 2.05) is 0 Å². The number of aromatic hydroxyl groups is 1. The number of rotatable bonds is 14. The molecule has 0 spiro atoms. The van der Waals surface area contributed by atoms with Crippen LogP contribution in [-0.4, -0.2) is 11.7 Å². The molecule has 0 fully saturated rings. The Morgan fingerprint density at radius 2 is 1.25 bits per heavy atom. The van der Waals surface area contributed by atoms with E-state index in [1.165, 1.54) is 76.7 Å². The molecule has 1 N–H and O–H groups in total. The summed E-state index contributed by atoms with van der Waals surface area (Å²) >= 11 is 11.9. The second-order valence-electron chi connectivity index (χ2n) is 6.47. The highest BCUT2D eigenvalue weighted by molar-refractivity contribution is 6.35. The van der Waals surface area contributed by atoms with Gasteiger partial charge in [0.05, 0.1) is 16.7 Å². The van der Waals surface area contributed by atoms with Crippen LogP contribution in [0.4, 0.5) is 0 Å². The van der Waals surface area contributed by atoms with Crippen molar-refractivity contribution in [2.75, 3.05) is 6.61 Å². The molecule has 0 bridgehead atoms. The lowest BCUT2D eigenvalue weighted by molar-refractivity contribution is 0.304. The first-order valence-electron chi connectivity index (χ1n) is 9.46. The van der Waals surface area contributed by atoms with Crippen molar-refractivity contribution < 1.29 is 9.84 Å². The maximum absolute atomic E-state index is 9.44. The second kappa shape index (κ2) is 13.7. The largest absolute Gasteiger partial charge is 0.506 e. The summed E-state index contributed by atoms with van der Waals surface area (Å²) in [4.78, 5) is 0. The molecular formula is C20H32Cl2O2. The van der Waals surface area contributed by atoms with Crippen LogP contribution in [-0.2, 0) is 0 Å². The van der Waals surface area contributed by atoms with Crippen LogP contribution in [0.15, 0.2) is 12.1 Å². The van der Waals surface area contributed by atoms with Gasteiger partial charge in [0.15, 0.2) is 0 Å². The zero-order chi connectivity index (χ0) is 17.6. The van der Waals surface area contributed by atoms with E-state index in [9.17, 15) is 5.11 Å². The summed E-state index contributed by atoms with van der Waals surface area (Å²) < 4.78 is 5.64. The van der Waals surface area contributed by atoms with Crippen LogP contribution in [0.2, 0.25) is 10.0 Å². The average molecular weight is 375 g/mol. The summed E-state index contributed by atoms with van der Waals surface area (Å²) in [6.45, 7) is 2.90. The lowest BCUT2D eigenvalue weighted by Crippen LogP contribution is -1.98. The minimum Gasteiger partial charge on any atom is -0.506 e. The van der Waals surface area contributed by atoms with Gasteiger partial charge in [-0.15, -0.1) is 0 Å². The van der Waals surface area contributed by atoms with E-state index in [2.05, 4.69) is 6.92 Å². The Kier molecular flexibility index (Phi) is 12.2. The number of ether oxygens (including phenoxy) is 1. The van der Waals surface area contributed by atoms with Gasteiger partial charge >= 0.3 is 0 Å². The Morgan fingerprint density at radius 3 is 1.79 bits per heavy atom. The van der Waals surface area contributed by atoms with Crippen molar-refractivity contribution in [3.8, 4) is 11.5 Å². The molecule has 1 aromatic carbocycles. The summed E-state index contributed by atoms with van der Waals surface area (Å²) in [5.74, 6) is 0.530. The molecule has 0 aliphatic carbocycles. The first kappa shape index (κ1) is 21.4. The topological polar surface area (TPSA) is 29.5 Å². The van der Waals surface area contributed by atoms with Crippen LogP contribution in [0.25, 0.3) is 0 Å². The Bertz CT molecular complexity index is 450. The molecule has 4 heteroatoms. The fourth-order valence-electron chi connectivity index (χ4n) is 2.75. The standard InChI is InChI=1S/C20H32Cl2O2/c1-2-3-4-5-6-7-8-9-10-11-12-13-14-24-20-16-17(21)19(23)15-18(20)22/h15-16,23H,2-14H2,1H3. The molecule has 0 radical (unpaired) electrons. The molecule has 0 atom stereocenters. The first-order valence-corrected chi connectivity index (χ1v) is 10.2. The summed E-state index contributed by atoms with van der Waals surface area (Å²) in [5, 5.41) is 10.1. The lowest BCUT2D eigenvalue weighted by atomic mass is 10.1. The fraction of sp³-hybridized carbons (Fsp3) is 0.700. The highest BCUT2D eigenvalue weighted by Crippen LogP contribution is 2.34. The number of hydrogen-bond acceptors (Lipinski definition) is 2. The highest BCUT2D eigenvalue weighted by Gasteiger charge is 2.07. The minimum absolute atomic E-state index is 0.0145. The quantitative estimate of drug-likeness (QED) is 0.336. The van der Waals surface area contributed by atoms with Crippen molar-refractivity contribution in [1.29, 1.82) is 0 Å². The van der Waals surface area contributed by atoms with Gasteiger partial charge in [-0.1, -0.05) is 101 Å². The zero-order valence-electron chi connectivity index (χ0n) is 15.0. The Hall–Kier alpha value is -0.600. The number of hydrogen-bond donors (Lipinski definition) is 1. The summed E-state index contributed by atoms with van der Waals surface area (Å²) in [6, 6.07) is 2.99. The van der Waals surface area contributed by atoms with Gasteiger partial charge in [0.1, 0.15) is 11.5 Å². The van der Waals surface area contributed by atoms with Crippen molar-refractivity contribution in [3.63, 3.8) is 0 Å². The van der Waals surface area contributed by atoms with Crippen molar-refractivity contribution in [2.24, 2.45) is 0 Å². The summed E-state index contributed by atoms with van der Waals surface area (Å²) in [5.41, 5.74) is 0. The van der Waals surface area contributed by atoms with E-state index in [-0.39, 0.29) is 10.8 Å². The van der Waals surface area contributed by atoms with Crippen LogP contribution in [0.3, 0.4) is 0 Å². The molecule has 0 aliphatic heterocycles. The molecule has 0 saturated carbocycles. The second-order valence-corrected chi connectivity index (χ2v) is 7.29. The van der Waals surface area contributed by atoms with Crippen molar-refractivity contribution in [2.45, 2.75) is 84.0 Å². The Balaban J connectivity index is 1.93. The molecule has 0 heterocycles. The average Bonchev–Trinajstić information content (AvgIpc) is 2.56. The van der Waals surface area contributed by atoms with Gasteiger partial charge in [0.2, 0.25) is 0 Å². The van der Waals surface area contributed by atoms with Crippen LogP contribution >= 0.6 is 23.2 Å². The molecule has 1 rings (SSSR count). The monoisotopic (exact) mass is 374 g/mol. The van der Waals surface area contributed by atoms with E-state index in [4.69, 9.17) is 27.9 Å². The van der Waals surface area contributed by atoms with E-state index in [0.29, 0.717) is 17.4 Å². The molecule has 24 heavy (non-hydrogen) atoms. The van der Waals surface area contributed by atoms with Gasteiger partial charge in [0.25, 0.3) is 0 Å². The number of halogens is 2. The Labute approximate surface area is 157 Å². The van der Waals surface area contributed by atoms with Crippen molar-refractivity contribution >= 4 is 23.2 Å². The highest BCUT2D eigenvalue weighted by atomic mass is 35.5. The molecule has 0 saturated heterocycles. The van der Waals surface area contributed by atoms with Crippen LogP contribution < -0.4 is 4.74 Å². The minimum atomic E-state index is -0.0145. The third-order valence-electron chi connectivity index (χ3n) is 4.26. The van der Waals surface area contributed by atoms with E-state index < -0.39 is 0 Å². The van der Waals surface area contributed by atoms with Gasteiger partial charge in [-0.2, -0.15) is 0 Å². The normalized spacial score (nSPS) is 11.0. The first-order chi connectivity index (χ1) is 11.6. The van der Waals surface area contributed by atoms with Crippen LogP contribution in [0, 0.1) is 0 Å². The molecular weight excluding hydrogens is 343 g/mol. The third kappa shape index (κ3) is 9.64. The molecule has 138 valence electrons. The van der Waals surface area contributed by atoms with Gasteiger partial charge in [0, 0.05) is 12.1 Å². The molecule has 2 nitrogen and oxygen atoms in total. The number of benzene rings is 1. The third-order valence-corrected chi connectivity index (χ3v) is 4.85. The maximum atomic E-state index is 9.44. The van der Waals surface area contributed by atoms with Crippen LogP contribution in [0.5, 0.6) is 11.5 Å². The maximum Gasteiger partial charge on any atom is 0.139 e. The smallest absolute Gasteiger partial charge is 0.139 e. The molecule has 0 amide bonds. The van der Waals surface area contributed by atoms with Crippen molar-refractivity contribution in [3.05, 3.63) is 22.2 Å². The lowest BCUT2D eigenvalue weighted by Gasteiger charge is -2.09. The number of unbranched alkanes of at least 4 members (excludes halogenated alkanes) is 11. The van der Waals surface area contributed by atoms with Gasteiger partial charge in [-0.05, 0) is 6.42 Å². The van der Waals surface area contributed by atoms with E-state index in [0.717, 1.165) is 6.42 Å². The SMILES string of the molecule is CCCCCCCCCCCCCCOc1cc(Cl)c(O)cc1Cl. The van der Waals surface area contributed by atoms with Crippen molar-refractivity contribution in [1.82, 2.24) is 0 Å². The van der Waals surface area contributed by atoms with Crippen LogP contribution in [0.1, 0.15) is 84.0 Å². The predicted molar refractivity (Wildman–Crippen MR) is 105 cm³/mol. The van der Waals surface area contributed by atoms with E-state index >= 15 is 0 Å². The molecule has 0 unspecified atom stereocenters. The zero-order valence-corrected chi connectivity index (χ0v) is 16.5.